The predicted molar refractivity (Wildman–Crippen MR) is 119 cm³/mol. The maximum absolute atomic E-state index is 13.3. The summed E-state index contributed by atoms with van der Waals surface area (Å²) in [6.45, 7) is 11.5. The molecule has 0 amide bonds. The summed E-state index contributed by atoms with van der Waals surface area (Å²) in [5, 5.41) is 2.52. The van der Waals surface area contributed by atoms with Gasteiger partial charge in [0, 0.05) is 48.7 Å². The standard InChI is InChI=1S/C23H28N2O3Si/c1-29(2)21-15-17(24-7-11-27-12-8-24)3-5-19(21)23(26)20-6-4-18(16-22(20)29)25-9-13-28-14-10-25/h3-6,15-16H,7-14H2,1-2H3. The Balaban J connectivity index is 1.56. The van der Waals surface area contributed by atoms with Crippen molar-refractivity contribution >= 4 is 35.6 Å². The number of carbonyl (C=O) groups excluding carboxylic acids is 1. The molecule has 3 aliphatic heterocycles. The van der Waals surface area contributed by atoms with Gasteiger partial charge in [-0.3, -0.25) is 4.79 Å². The highest BCUT2D eigenvalue weighted by molar-refractivity contribution is 7.02. The van der Waals surface area contributed by atoms with Crippen molar-refractivity contribution in [2.75, 3.05) is 62.4 Å². The molecular formula is C23H28N2O3Si. The van der Waals surface area contributed by atoms with Crippen LogP contribution in [0.4, 0.5) is 11.4 Å². The van der Waals surface area contributed by atoms with Crippen molar-refractivity contribution in [2.45, 2.75) is 13.1 Å². The zero-order valence-electron chi connectivity index (χ0n) is 17.2. The molecule has 5 nitrogen and oxygen atoms in total. The van der Waals surface area contributed by atoms with Gasteiger partial charge in [0.25, 0.3) is 0 Å². The van der Waals surface area contributed by atoms with Crippen molar-refractivity contribution in [3.8, 4) is 0 Å². The molecule has 2 aromatic rings. The Morgan fingerprint density at radius 3 is 1.55 bits per heavy atom. The summed E-state index contributed by atoms with van der Waals surface area (Å²) >= 11 is 0. The van der Waals surface area contributed by atoms with Crippen molar-refractivity contribution in [1.82, 2.24) is 0 Å². The number of ketones is 1. The average Bonchev–Trinajstić information content (AvgIpc) is 2.78. The monoisotopic (exact) mass is 408 g/mol. The Morgan fingerprint density at radius 2 is 1.14 bits per heavy atom. The van der Waals surface area contributed by atoms with E-state index in [0.717, 1.165) is 63.7 Å². The van der Waals surface area contributed by atoms with E-state index in [9.17, 15) is 4.79 Å². The van der Waals surface area contributed by atoms with Crippen molar-refractivity contribution < 1.29 is 14.3 Å². The Hall–Kier alpha value is -2.15. The van der Waals surface area contributed by atoms with Gasteiger partial charge in [0.2, 0.25) is 0 Å². The zero-order valence-corrected chi connectivity index (χ0v) is 18.2. The first-order valence-electron chi connectivity index (χ1n) is 10.5. The smallest absolute Gasteiger partial charge is 0.192 e. The lowest BCUT2D eigenvalue weighted by Crippen LogP contribution is -2.60. The zero-order chi connectivity index (χ0) is 20.0. The second-order valence-corrected chi connectivity index (χ2v) is 12.9. The molecular weight excluding hydrogens is 380 g/mol. The van der Waals surface area contributed by atoms with Crippen LogP contribution in [0.2, 0.25) is 13.1 Å². The first kappa shape index (κ1) is 18.8. The van der Waals surface area contributed by atoms with Gasteiger partial charge in [0.1, 0.15) is 8.07 Å². The molecule has 0 bridgehead atoms. The molecule has 0 unspecified atom stereocenters. The van der Waals surface area contributed by atoms with E-state index in [4.69, 9.17) is 9.47 Å². The second-order valence-electron chi connectivity index (χ2n) is 8.61. The SMILES string of the molecule is C[Si]1(C)c2cc(N3CCOCC3)ccc2C(=O)c2ccc(N3CCOCC3)cc21. The van der Waals surface area contributed by atoms with E-state index in [1.807, 2.05) is 0 Å². The predicted octanol–water partition coefficient (Wildman–Crippen LogP) is 1.73. The summed E-state index contributed by atoms with van der Waals surface area (Å²) in [6, 6.07) is 12.9. The number of nitrogens with zero attached hydrogens (tertiary/aromatic N) is 2. The highest BCUT2D eigenvalue weighted by Crippen LogP contribution is 2.27. The molecule has 152 valence electrons. The molecule has 0 N–H and O–H groups in total. The van der Waals surface area contributed by atoms with Crippen LogP contribution >= 0.6 is 0 Å². The first-order valence-corrected chi connectivity index (χ1v) is 13.5. The van der Waals surface area contributed by atoms with E-state index < -0.39 is 8.07 Å². The fraction of sp³-hybridized carbons (Fsp3) is 0.435. The molecule has 2 saturated heterocycles. The number of benzene rings is 2. The third-order valence-electron chi connectivity index (χ3n) is 6.59. The molecule has 6 heteroatoms. The number of carbonyl (C=O) groups is 1. The number of rotatable bonds is 2. The lowest BCUT2D eigenvalue weighted by molar-refractivity contribution is 0.103. The maximum Gasteiger partial charge on any atom is 0.192 e. The van der Waals surface area contributed by atoms with Gasteiger partial charge < -0.3 is 19.3 Å². The number of hydrogen-bond acceptors (Lipinski definition) is 5. The van der Waals surface area contributed by atoms with Gasteiger partial charge in [-0.1, -0.05) is 13.1 Å². The van der Waals surface area contributed by atoms with Crippen LogP contribution in [0.25, 0.3) is 0 Å². The Morgan fingerprint density at radius 1 is 0.724 bits per heavy atom. The highest BCUT2D eigenvalue weighted by atomic mass is 28.3. The number of hydrogen-bond donors (Lipinski definition) is 0. The van der Waals surface area contributed by atoms with E-state index in [1.165, 1.54) is 21.7 Å². The molecule has 2 aromatic carbocycles. The van der Waals surface area contributed by atoms with Crippen LogP contribution in [0.5, 0.6) is 0 Å². The van der Waals surface area contributed by atoms with Gasteiger partial charge in [-0.15, -0.1) is 0 Å². The number of anilines is 2. The van der Waals surface area contributed by atoms with Crippen molar-refractivity contribution in [3.05, 3.63) is 47.5 Å². The molecule has 2 fully saturated rings. The summed E-state index contributed by atoms with van der Waals surface area (Å²) in [7, 11) is -2.00. The summed E-state index contributed by atoms with van der Waals surface area (Å²) in [6.07, 6.45) is 0. The Kier molecular flexibility index (Phi) is 4.73. The van der Waals surface area contributed by atoms with Crippen LogP contribution in [0.15, 0.2) is 36.4 Å². The van der Waals surface area contributed by atoms with E-state index in [2.05, 4.69) is 59.3 Å². The molecule has 0 saturated carbocycles. The minimum absolute atomic E-state index is 0.170. The fourth-order valence-corrected chi connectivity index (χ4v) is 7.87. The van der Waals surface area contributed by atoms with E-state index in [-0.39, 0.29) is 5.78 Å². The lowest BCUT2D eigenvalue weighted by Gasteiger charge is -2.36. The summed E-state index contributed by atoms with van der Waals surface area (Å²) in [5.41, 5.74) is 4.22. The van der Waals surface area contributed by atoms with Crippen molar-refractivity contribution in [3.63, 3.8) is 0 Å². The van der Waals surface area contributed by atoms with Gasteiger partial charge in [0.05, 0.1) is 26.4 Å². The van der Waals surface area contributed by atoms with Crippen molar-refractivity contribution in [2.24, 2.45) is 0 Å². The molecule has 3 heterocycles. The average molecular weight is 409 g/mol. The molecule has 0 aromatic heterocycles. The molecule has 0 radical (unpaired) electrons. The van der Waals surface area contributed by atoms with Gasteiger partial charge in [-0.25, -0.2) is 0 Å². The van der Waals surface area contributed by atoms with Crippen LogP contribution in [-0.2, 0) is 9.47 Å². The third-order valence-corrected chi connectivity index (χ3v) is 10.1. The molecule has 3 aliphatic rings. The van der Waals surface area contributed by atoms with Crippen LogP contribution in [-0.4, -0.2) is 66.5 Å². The molecule has 29 heavy (non-hydrogen) atoms. The van der Waals surface area contributed by atoms with E-state index in [0.29, 0.717) is 0 Å². The van der Waals surface area contributed by atoms with Crippen molar-refractivity contribution in [1.29, 1.82) is 0 Å². The largest absolute Gasteiger partial charge is 0.378 e. The number of ether oxygens (including phenoxy) is 2. The Bertz CT molecular complexity index is 874. The molecule has 0 aliphatic carbocycles. The summed E-state index contributed by atoms with van der Waals surface area (Å²) in [5.74, 6) is 0.170. The van der Waals surface area contributed by atoms with Gasteiger partial charge in [-0.05, 0) is 46.8 Å². The normalized spacial score (nSPS) is 21.0. The van der Waals surface area contributed by atoms with Gasteiger partial charge in [-0.2, -0.15) is 0 Å². The summed E-state index contributed by atoms with van der Waals surface area (Å²) < 4.78 is 11.0. The van der Waals surface area contributed by atoms with E-state index >= 15 is 0 Å². The second kappa shape index (κ2) is 7.27. The first-order chi connectivity index (χ1) is 14.1. The number of morpholine rings is 2. The quantitative estimate of drug-likeness (QED) is 0.708. The minimum atomic E-state index is -2.00. The van der Waals surface area contributed by atoms with Gasteiger partial charge >= 0.3 is 0 Å². The van der Waals surface area contributed by atoms with E-state index in [1.54, 1.807) is 0 Å². The third kappa shape index (κ3) is 3.19. The molecule has 0 atom stereocenters. The van der Waals surface area contributed by atoms with Gasteiger partial charge in [0.15, 0.2) is 5.78 Å². The maximum atomic E-state index is 13.3. The van der Waals surface area contributed by atoms with Crippen LogP contribution < -0.4 is 20.2 Å². The van der Waals surface area contributed by atoms with Crippen LogP contribution in [0.1, 0.15) is 15.9 Å². The Labute approximate surface area is 173 Å². The summed E-state index contributed by atoms with van der Waals surface area (Å²) in [4.78, 5) is 18.1. The molecule has 0 spiro atoms. The van der Waals surface area contributed by atoms with Crippen LogP contribution in [0, 0.1) is 0 Å². The topological polar surface area (TPSA) is 42.0 Å². The van der Waals surface area contributed by atoms with Crippen LogP contribution in [0.3, 0.4) is 0 Å². The minimum Gasteiger partial charge on any atom is -0.378 e. The lowest BCUT2D eigenvalue weighted by atomic mass is 10.0. The fourth-order valence-electron chi connectivity index (χ4n) is 4.82. The highest BCUT2D eigenvalue weighted by Gasteiger charge is 2.39. The number of fused-ring (bicyclic) bond motifs is 2. The molecule has 5 rings (SSSR count).